The van der Waals surface area contributed by atoms with Crippen molar-refractivity contribution in [3.05, 3.63) is 28.2 Å². The van der Waals surface area contributed by atoms with E-state index in [9.17, 15) is 4.79 Å². The maximum atomic E-state index is 12.0. The maximum Gasteiger partial charge on any atom is 0.242 e. The first-order valence-electron chi connectivity index (χ1n) is 6.58. The molecule has 0 spiro atoms. The van der Waals surface area contributed by atoms with E-state index in [1.807, 2.05) is 13.1 Å². The van der Waals surface area contributed by atoms with Crippen LogP contribution in [-0.2, 0) is 11.3 Å². The summed E-state index contributed by atoms with van der Waals surface area (Å²) in [7, 11) is 3.64. The van der Waals surface area contributed by atoms with Crippen molar-refractivity contribution in [2.24, 2.45) is 0 Å². The topological polar surface area (TPSA) is 44.4 Å². The average molecular weight is 326 g/mol. The highest BCUT2D eigenvalue weighted by Gasteiger charge is 2.31. The highest BCUT2D eigenvalue weighted by Crippen LogP contribution is 2.30. The summed E-state index contributed by atoms with van der Waals surface area (Å²) in [4.78, 5) is 14.2. The summed E-state index contributed by atoms with van der Waals surface area (Å²) in [6.07, 6.45) is 1.99. The number of amides is 1. The molecule has 104 valence electrons. The van der Waals surface area contributed by atoms with Crippen molar-refractivity contribution < 1.29 is 4.79 Å². The number of halogens is 1. The second-order valence-electron chi connectivity index (χ2n) is 4.77. The van der Waals surface area contributed by atoms with Gasteiger partial charge in [0.2, 0.25) is 5.91 Å². The van der Waals surface area contributed by atoms with Crippen molar-refractivity contribution in [1.82, 2.24) is 10.6 Å². The van der Waals surface area contributed by atoms with Gasteiger partial charge >= 0.3 is 0 Å². The van der Waals surface area contributed by atoms with Gasteiger partial charge < -0.3 is 15.5 Å². The van der Waals surface area contributed by atoms with Crippen LogP contribution >= 0.6 is 15.9 Å². The molecule has 19 heavy (non-hydrogen) atoms. The highest BCUT2D eigenvalue weighted by atomic mass is 79.9. The van der Waals surface area contributed by atoms with Gasteiger partial charge in [-0.05, 0) is 43.7 Å². The summed E-state index contributed by atoms with van der Waals surface area (Å²) in [5.41, 5.74) is 2.37. The van der Waals surface area contributed by atoms with E-state index in [0.29, 0.717) is 0 Å². The Morgan fingerprint density at radius 3 is 2.95 bits per heavy atom. The minimum absolute atomic E-state index is 0.0400. The van der Waals surface area contributed by atoms with Crippen LogP contribution in [0.3, 0.4) is 0 Å². The van der Waals surface area contributed by atoms with E-state index in [2.05, 4.69) is 43.6 Å². The molecular formula is C14H20BrN3O. The normalized spacial score (nSPS) is 18.7. The Morgan fingerprint density at radius 1 is 1.47 bits per heavy atom. The van der Waals surface area contributed by atoms with Gasteiger partial charge in [-0.25, -0.2) is 0 Å². The van der Waals surface area contributed by atoms with Crippen molar-refractivity contribution in [2.75, 3.05) is 25.5 Å². The SMILES string of the molecule is CNCc1cc(Br)ccc1N1CCCC1C(=O)NC. The fourth-order valence-electron chi connectivity index (χ4n) is 2.66. The molecule has 2 N–H and O–H groups in total. The lowest BCUT2D eigenvalue weighted by Gasteiger charge is -2.28. The van der Waals surface area contributed by atoms with Gasteiger partial charge in [-0.15, -0.1) is 0 Å². The van der Waals surface area contributed by atoms with Crippen LogP contribution in [0.2, 0.25) is 0 Å². The summed E-state index contributed by atoms with van der Waals surface area (Å²) in [6, 6.07) is 6.21. The molecule has 1 saturated heterocycles. The Balaban J connectivity index is 2.32. The fourth-order valence-corrected chi connectivity index (χ4v) is 3.07. The maximum absolute atomic E-state index is 12.0. The third-order valence-electron chi connectivity index (χ3n) is 3.52. The van der Waals surface area contributed by atoms with Gasteiger partial charge in [-0.3, -0.25) is 4.79 Å². The minimum Gasteiger partial charge on any atom is -0.359 e. The molecular weight excluding hydrogens is 306 g/mol. The number of nitrogens with zero attached hydrogens (tertiary/aromatic N) is 1. The molecule has 4 nitrogen and oxygen atoms in total. The molecule has 2 rings (SSSR count). The summed E-state index contributed by atoms with van der Waals surface area (Å²) in [5, 5.41) is 5.95. The lowest BCUT2D eigenvalue weighted by molar-refractivity contribution is -0.121. The van der Waals surface area contributed by atoms with Crippen molar-refractivity contribution >= 4 is 27.5 Å². The quantitative estimate of drug-likeness (QED) is 0.888. The summed E-state index contributed by atoms with van der Waals surface area (Å²) in [5.74, 6) is 0.107. The first kappa shape index (κ1) is 14.3. The zero-order valence-corrected chi connectivity index (χ0v) is 13.0. The van der Waals surface area contributed by atoms with Gasteiger partial charge in [0.15, 0.2) is 0 Å². The molecule has 1 aliphatic rings. The fraction of sp³-hybridized carbons (Fsp3) is 0.500. The van der Waals surface area contributed by atoms with Crippen LogP contribution in [0, 0.1) is 0 Å². The molecule has 0 aromatic heterocycles. The molecule has 0 radical (unpaired) electrons. The lowest BCUT2D eigenvalue weighted by Crippen LogP contribution is -2.42. The third kappa shape index (κ3) is 3.09. The summed E-state index contributed by atoms with van der Waals surface area (Å²) < 4.78 is 1.07. The molecule has 1 unspecified atom stereocenters. The van der Waals surface area contributed by atoms with Gasteiger partial charge in [-0.1, -0.05) is 15.9 Å². The number of hydrogen-bond acceptors (Lipinski definition) is 3. The van der Waals surface area contributed by atoms with Gasteiger partial charge in [0.25, 0.3) is 0 Å². The zero-order valence-electron chi connectivity index (χ0n) is 11.4. The monoisotopic (exact) mass is 325 g/mol. The van der Waals surface area contributed by atoms with E-state index in [4.69, 9.17) is 0 Å². The Kier molecular flexibility index (Phi) is 4.82. The van der Waals surface area contributed by atoms with Gasteiger partial charge in [-0.2, -0.15) is 0 Å². The Labute approximate surface area is 122 Å². The van der Waals surface area contributed by atoms with Crippen molar-refractivity contribution in [2.45, 2.75) is 25.4 Å². The van der Waals surface area contributed by atoms with Crippen molar-refractivity contribution in [3.63, 3.8) is 0 Å². The molecule has 1 fully saturated rings. The van der Waals surface area contributed by atoms with Crippen LogP contribution in [0.25, 0.3) is 0 Å². The van der Waals surface area contributed by atoms with Crippen LogP contribution in [0.1, 0.15) is 18.4 Å². The second kappa shape index (κ2) is 6.39. The van der Waals surface area contributed by atoms with Gasteiger partial charge in [0.05, 0.1) is 0 Å². The molecule has 0 bridgehead atoms. The predicted molar refractivity (Wildman–Crippen MR) is 81.3 cm³/mol. The number of rotatable bonds is 4. The lowest BCUT2D eigenvalue weighted by atomic mass is 10.1. The molecule has 1 amide bonds. The van der Waals surface area contributed by atoms with Crippen LogP contribution in [-0.4, -0.2) is 32.6 Å². The minimum atomic E-state index is -0.0400. The largest absolute Gasteiger partial charge is 0.359 e. The first-order chi connectivity index (χ1) is 9.17. The molecule has 1 aromatic rings. The molecule has 0 aliphatic carbocycles. The third-order valence-corrected chi connectivity index (χ3v) is 4.01. The van der Waals surface area contributed by atoms with E-state index >= 15 is 0 Å². The van der Waals surface area contributed by atoms with Crippen LogP contribution in [0.15, 0.2) is 22.7 Å². The van der Waals surface area contributed by atoms with E-state index in [1.165, 1.54) is 5.56 Å². The summed E-state index contributed by atoms with van der Waals surface area (Å²) in [6.45, 7) is 1.74. The van der Waals surface area contributed by atoms with E-state index < -0.39 is 0 Å². The van der Waals surface area contributed by atoms with Crippen LogP contribution in [0.4, 0.5) is 5.69 Å². The number of nitrogens with one attached hydrogen (secondary N) is 2. The van der Waals surface area contributed by atoms with Crippen LogP contribution in [0.5, 0.6) is 0 Å². The standard InChI is InChI=1S/C14H20BrN3O/c1-16-9-10-8-11(15)5-6-12(10)18-7-3-4-13(18)14(19)17-2/h5-6,8,13,16H,3-4,7,9H2,1-2H3,(H,17,19). The zero-order chi connectivity index (χ0) is 13.8. The molecule has 1 atom stereocenters. The Morgan fingerprint density at radius 2 is 2.26 bits per heavy atom. The van der Waals surface area contributed by atoms with Crippen LogP contribution < -0.4 is 15.5 Å². The first-order valence-corrected chi connectivity index (χ1v) is 7.38. The number of carbonyl (C=O) groups is 1. The number of hydrogen-bond donors (Lipinski definition) is 2. The summed E-state index contributed by atoms with van der Waals surface area (Å²) >= 11 is 3.51. The second-order valence-corrected chi connectivity index (χ2v) is 5.68. The Hall–Kier alpha value is -1.07. The number of likely N-dealkylation sites (N-methyl/N-ethyl adjacent to an activating group) is 1. The molecule has 0 saturated carbocycles. The van der Waals surface area contributed by atoms with Crippen molar-refractivity contribution in [1.29, 1.82) is 0 Å². The molecule has 1 heterocycles. The molecule has 1 aliphatic heterocycles. The number of anilines is 1. The Bertz CT molecular complexity index is 464. The molecule has 1 aromatic carbocycles. The van der Waals surface area contributed by atoms with Crippen molar-refractivity contribution in [3.8, 4) is 0 Å². The van der Waals surface area contributed by atoms with Gasteiger partial charge in [0.1, 0.15) is 6.04 Å². The number of benzene rings is 1. The van der Waals surface area contributed by atoms with E-state index in [0.717, 1.165) is 36.1 Å². The predicted octanol–water partition coefficient (Wildman–Crippen LogP) is 1.88. The smallest absolute Gasteiger partial charge is 0.242 e. The van der Waals surface area contributed by atoms with E-state index in [-0.39, 0.29) is 11.9 Å². The average Bonchev–Trinajstić information content (AvgIpc) is 2.87. The van der Waals surface area contributed by atoms with Gasteiger partial charge in [0, 0.05) is 30.3 Å². The van der Waals surface area contributed by atoms with E-state index in [1.54, 1.807) is 7.05 Å². The highest BCUT2D eigenvalue weighted by molar-refractivity contribution is 9.10. The molecule has 5 heteroatoms. The number of carbonyl (C=O) groups excluding carboxylic acids is 1.